The predicted octanol–water partition coefficient (Wildman–Crippen LogP) is 4.70. The number of carbonyl (C=O) groups excluding carboxylic acids is 1. The number of hydrogen-bond acceptors (Lipinski definition) is 4. The average Bonchev–Trinajstić information content (AvgIpc) is 3.49. The molecule has 2 aromatic carbocycles. The zero-order valence-corrected chi connectivity index (χ0v) is 18.0. The highest BCUT2D eigenvalue weighted by Gasteiger charge is 2.14. The molecule has 5 rings (SSSR count). The van der Waals surface area contributed by atoms with Crippen molar-refractivity contribution in [1.82, 2.24) is 30.0 Å². The second-order valence-electron chi connectivity index (χ2n) is 7.66. The lowest BCUT2D eigenvalue weighted by atomic mass is 10.1. The van der Waals surface area contributed by atoms with Gasteiger partial charge in [-0.15, -0.1) is 0 Å². The molecule has 3 aromatic heterocycles. The number of carbonyl (C=O) groups is 1. The largest absolute Gasteiger partial charge is 0.343 e. The Balaban J connectivity index is 1.38. The topological polar surface area (TPSA) is 88.5 Å². The van der Waals surface area contributed by atoms with E-state index in [1.807, 2.05) is 79.9 Å². The normalized spacial score (nSPS) is 12.3. The van der Waals surface area contributed by atoms with Crippen LogP contribution >= 0.6 is 0 Å². The summed E-state index contributed by atoms with van der Waals surface area (Å²) in [7, 11) is 0. The fourth-order valence-corrected chi connectivity index (χ4v) is 3.62. The second-order valence-corrected chi connectivity index (χ2v) is 7.66. The summed E-state index contributed by atoms with van der Waals surface area (Å²) in [5.41, 5.74) is 5.20. The molecule has 3 heterocycles. The third-order valence-corrected chi connectivity index (χ3v) is 5.29. The molecule has 0 aliphatic rings. The summed E-state index contributed by atoms with van der Waals surface area (Å²) in [5.74, 6) is 0.499. The van der Waals surface area contributed by atoms with Gasteiger partial charge in [0.1, 0.15) is 11.5 Å². The standard InChI is InChI=1S/C26H22N6O/c1-18(26-29-22-11-5-6-12-23(22)30-26)28-24(33)14-13-20-17-32(21-9-3-2-4-10-21)31-25(20)19-8-7-15-27-16-19/h2-18H,1H3,(H,28,33)(H,29,30). The van der Waals surface area contributed by atoms with Crippen molar-refractivity contribution in [2.45, 2.75) is 13.0 Å². The Morgan fingerprint density at radius 3 is 2.67 bits per heavy atom. The Bertz CT molecular complexity index is 1390. The van der Waals surface area contributed by atoms with E-state index in [4.69, 9.17) is 5.10 Å². The van der Waals surface area contributed by atoms with E-state index in [1.165, 1.54) is 6.08 Å². The highest BCUT2D eigenvalue weighted by Crippen LogP contribution is 2.24. The smallest absolute Gasteiger partial charge is 0.244 e. The minimum absolute atomic E-state index is 0.215. The molecule has 1 unspecified atom stereocenters. The van der Waals surface area contributed by atoms with Gasteiger partial charge in [0.05, 0.1) is 22.8 Å². The maximum absolute atomic E-state index is 12.7. The van der Waals surface area contributed by atoms with Crippen molar-refractivity contribution in [2.24, 2.45) is 0 Å². The fourth-order valence-electron chi connectivity index (χ4n) is 3.62. The third-order valence-electron chi connectivity index (χ3n) is 5.29. The van der Waals surface area contributed by atoms with Gasteiger partial charge in [-0.05, 0) is 49.4 Å². The first-order valence-corrected chi connectivity index (χ1v) is 10.7. The van der Waals surface area contributed by atoms with E-state index in [2.05, 4.69) is 20.3 Å². The first kappa shape index (κ1) is 20.4. The molecule has 1 atom stereocenters. The van der Waals surface area contributed by atoms with Crippen LogP contribution in [-0.2, 0) is 4.79 Å². The van der Waals surface area contributed by atoms with E-state index in [-0.39, 0.29) is 11.9 Å². The van der Waals surface area contributed by atoms with Crippen LogP contribution in [-0.4, -0.2) is 30.6 Å². The van der Waals surface area contributed by atoms with Gasteiger partial charge < -0.3 is 10.3 Å². The lowest BCUT2D eigenvalue weighted by Crippen LogP contribution is -2.25. The number of benzene rings is 2. The molecule has 0 bridgehead atoms. The number of nitrogens with one attached hydrogen (secondary N) is 2. The molecule has 2 N–H and O–H groups in total. The Hall–Kier alpha value is -4.52. The molecule has 0 fully saturated rings. The minimum atomic E-state index is -0.264. The SMILES string of the molecule is CC(NC(=O)C=Cc1cn(-c2ccccc2)nc1-c1cccnc1)c1nc2ccccc2[nH]1. The number of fused-ring (bicyclic) bond motifs is 1. The van der Waals surface area contributed by atoms with Crippen LogP contribution in [0.4, 0.5) is 0 Å². The fraction of sp³-hybridized carbons (Fsp3) is 0.0769. The highest BCUT2D eigenvalue weighted by molar-refractivity contribution is 5.93. The van der Waals surface area contributed by atoms with Gasteiger partial charge in [0.15, 0.2) is 0 Å². The summed E-state index contributed by atoms with van der Waals surface area (Å²) < 4.78 is 1.80. The van der Waals surface area contributed by atoms with Gasteiger partial charge in [-0.25, -0.2) is 9.67 Å². The quantitative estimate of drug-likeness (QED) is 0.379. The minimum Gasteiger partial charge on any atom is -0.343 e. The summed E-state index contributed by atoms with van der Waals surface area (Å²) in [6.07, 6.45) is 8.68. The predicted molar refractivity (Wildman–Crippen MR) is 128 cm³/mol. The second kappa shape index (κ2) is 8.92. The molecule has 0 aliphatic carbocycles. The van der Waals surface area contributed by atoms with Crippen LogP contribution in [0.15, 0.2) is 91.4 Å². The molecular weight excluding hydrogens is 412 g/mol. The van der Waals surface area contributed by atoms with Gasteiger partial charge in [0.25, 0.3) is 0 Å². The van der Waals surface area contributed by atoms with Gasteiger partial charge >= 0.3 is 0 Å². The number of hydrogen-bond donors (Lipinski definition) is 2. The van der Waals surface area contributed by atoms with Gasteiger partial charge in [0.2, 0.25) is 5.91 Å². The summed E-state index contributed by atoms with van der Waals surface area (Å²) in [6.45, 7) is 1.90. The Morgan fingerprint density at radius 2 is 1.88 bits per heavy atom. The Kier molecular flexibility index (Phi) is 5.51. The van der Waals surface area contributed by atoms with Crippen LogP contribution in [0.1, 0.15) is 24.4 Å². The van der Waals surface area contributed by atoms with E-state index >= 15 is 0 Å². The zero-order chi connectivity index (χ0) is 22.6. The van der Waals surface area contributed by atoms with Crippen molar-refractivity contribution in [1.29, 1.82) is 0 Å². The van der Waals surface area contributed by atoms with Crippen molar-refractivity contribution >= 4 is 23.0 Å². The zero-order valence-electron chi connectivity index (χ0n) is 18.0. The molecule has 7 nitrogen and oxygen atoms in total. The first-order valence-electron chi connectivity index (χ1n) is 10.7. The maximum Gasteiger partial charge on any atom is 0.244 e. The number of pyridine rings is 1. The molecule has 5 aromatic rings. The maximum atomic E-state index is 12.7. The van der Waals surface area contributed by atoms with Gasteiger partial charge in [-0.2, -0.15) is 5.10 Å². The van der Waals surface area contributed by atoms with Crippen molar-refractivity contribution in [2.75, 3.05) is 0 Å². The van der Waals surface area contributed by atoms with Crippen LogP contribution < -0.4 is 5.32 Å². The lowest BCUT2D eigenvalue weighted by Gasteiger charge is -2.09. The van der Waals surface area contributed by atoms with Gasteiger partial charge in [0, 0.05) is 35.8 Å². The number of nitrogens with zero attached hydrogens (tertiary/aromatic N) is 4. The molecular formula is C26H22N6O. The number of aromatic nitrogens is 5. The number of amides is 1. The number of para-hydroxylation sites is 3. The van der Waals surface area contributed by atoms with E-state index in [1.54, 1.807) is 23.2 Å². The Labute approximate surface area is 190 Å². The van der Waals surface area contributed by atoms with E-state index < -0.39 is 0 Å². The van der Waals surface area contributed by atoms with Crippen molar-refractivity contribution in [3.8, 4) is 16.9 Å². The highest BCUT2D eigenvalue weighted by atomic mass is 16.1. The Morgan fingerprint density at radius 1 is 1.06 bits per heavy atom. The molecule has 33 heavy (non-hydrogen) atoms. The van der Waals surface area contributed by atoms with Crippen LogP contribution in [0.3, 0.4) is 0 Å². The summed E-state index contributed by atoms with van der Waals surface area (Å²) in [4.78, 5) is 24.7. The van der Waals surface area contributed by atoms with Crippen molar-refractivity contribution in [3.05, 3.63) is 103 Å². The van der Waals surface area contributed by atoms with Crippen molar-refractivity contribution in [3.63, 3.8) is 0 Å². The number of rotatable bonds is 6. The van der Waals surface area contributed by atoms with E-state index in [9.17, 15) is 4.79 Å². The summed E-state index contributed by atoms with van der Waals surface area (Å²) in [5, 5.41) is 7.71. The van der Waals surface area contributed by atoms with Crippen LogP contribution in [0, 0.1) is 0 Å². The van der Waals surface area contributed by atoms with E-state index in [0.717, 1.165) is 33.5 Å². The number of imidazole rings is 1. The number of H-pyrrole nitrogens is 1. The third kappa shape index (κ3) is 4.43. The first-order chi connectivity index (χ1) is 16.2. The van der Waals surface area contributed by atoms with Crippen LogP contribution in [0.5, 0.6) is 0 Å². The summed E-state index contributed by atoms with van der Waals surface area (Å²) >= 11 is 0. The van der Waals surface area contributed by atoms with Gasteiger partial charge in [-0.1, -0.05) is 30.3 Å². The van der Waals surface area contributed by atoms with Crippen LogP contribution in [0.25, 0.3) is 34.1 Å². The van der Waals surface area contributed by atoms with E-state index in [0.29, 0.717) is 5.82 Å². The molecule has 0 aliphatic heterocycles. The summed E-state index contributed by atoms with van der Waals surface area (Å²) in [6, 6.07) is 21.2. The molecule has 1 amide bonds. The number of aromatic amines is 1. The molecule has 0 saturated heterocycles. The molecule has 0 radical (unpaired) electrons. The molecule has 0 spiro atoms. The molecule has 162 valence electrons. The molecule has 7 heteroatoms. The average molecular weight is 435 g/mol. The lowest BCUT2D eigenvalue weighted by molar-refractivity contribution is -0.117. The van der Waals surface area contributed by atoms with Gasteiger partial charge in [-0.3, -0.25) is 9.78 Å². The molecule has 0 saturated carbocycles. The van der Waals surface area contributed by atoms with Crippen LogP contribution in [0.2, 0.25) is 0 Å². The van der Waals surface area contributed by atoms with Crippen molar-refractivity contribution < 1.29 is 4.79 Å². The monoisotopic (exact) mass is 434 g/mol.